The van der Waals surface area contributed by atoms with E-state index in [4.69, 9.17) is 5.73 Å². The van der Waals surface area contributed by atoms with Crippen LogP contribution in [0.2, 0.25) is 0 Å². The molecular weight excluding hydrogens is 323 g/mol. The van der Waals surface area contributed by atoms with E-state index in [0.717, 1.165) is 6.07 Å². The number of nitrogens with one attached hydrogen (secondary N) is 1. The van der Waals surface area contributed by atoms with Crippen molar-refractivity contribution in [3.63, 3.8) is 0 Å². The first kappa shape index (κ1) is 13.5. The molecule has 0 heterocycles. The molecule has 0 fully saturated rings. The Morgan fingerprint density at radius 1 is 1.33 bits per heavy atom. The van der Waals surface area contributed by atoms with E-state index in [-0.39, 0.29) is 16.2 Å². The number of rotatable bonds is 3. The number of benzene rings is 1. The summed E-state index contributed by atoms with van der Waals surface area (Å²) < 4.78 is 40.4. The standard InChI is InChI=1S/C11H12BrFN2O2S/c12-9-5-7(14)6-10(11(9)13)18(16,17)15-8-3-1-2-4-8/h1-2,5-6,8,15H,3-4,14H2. The van der Waals surface area contributed by atoms with Gasteiger partial charge in [0.2, 0.25) is 10.0 Å². The van der Waals surface area contributed by atoms with Gasteiger partial charge < -0.3 is 5.73 Å². The molecule has 0 atom stereocenters. The highest BCUT2D eigenvalue weighted by Crippen LogP contribution is 2.26. The zero-order valence-corrected chi connectivity index (χ0v) is 11.8. The van der Waals surface area contributed by atoms with Crippen LogP contribution in [0.4, 0.5) is 10.1 Å². The summed E-state index contributed by atoms with van der Waals surface area (Å²) in [4.78, 5) is -0.429. The topological polar surface area (TPSA) is 72.2 Å². The molecule has 0 bridgehead atoms. The number of halogens is 2. The van der Waals surface area contributed by atoms with Crippen LogP contribution in [0, 0.1) is 5.82 Å². The van der Waals surface area contributed by atoms with E-state index in [1.54, 1.807) is 0 Å². The van der Waals surface area contributed by atoms with E-state index < -0.39 is 20.7 Å². The van der Waals surface area contributed by atoms with Crippen molar-refractivity contribution >= 4 is 31.6 Å². The van der Waals surface area contributed by atoms with Crippen molar-refractivity contribution < 1.29 is 12.8 Å². The minimum absolute atomic E-state index is 0.0346. The summed E-state index contributed by atoms with van der Waals surface area (Å²) in [6.07, 6.45) is 5.01. The molecule has 0 saturated heterocycles. The summed E-state index contributed by atoms with van der Waals surface area (Å²) >= 11 is 2.94. The molecule has 2 rings (SSSR count). The molecule has 0 aromatic heterocycles. The Bertz CT molecular complexity index is 593. The molecule has 0 aliphatic heterocycles. The Balaban J connectivity index is 2.34. The Morgan fingerprint density at radius 2 is 1.94 bits per heavy atom. The van der Waals surface area contributed by atoms with Crippen LogP contribution >= 0.6 is 15.9 Å². The molecule has 1 aliphatic carbocycles. The Hall–Kier alpha value is -0.920. The molecule has 98 valence electrons. The average Bonchev–Trinajstić information content (AvgIpc) is 2.75. The number of nitrogens with two attached hydrogens (primary N) is 1. The van der Waals surface area contributed by atoms with Gasteiger partial charge in [0.1, 0.15) is 4.90 Å². The fourth-order valence-corrected chi connectivity index (χ4v) is 3.78. The highest BCUT2D eigenvalue weighted by atomic mass is 79.9. The van der Waals surface area contributed by atoms with Crippen molar-refractivity contribution in [2.75, 3.05) is 5.73 Å². The lowest BCUT2D eigenvalue weighted by atomic mass is 10.3. The van der Waals surface area contributed by atoms with Gasteiger partial charge in [-0.05, 0) is 40.9 Å². The van der Waals surface area contributed by atoms with Crippen LogP contribution in [0.3, 0.4) is 0 Å². The summed E-state index contributed by atoms with van der Waals surface area (Å²) in [5.41, 5.74) is 5.72. The molecular formula is C11H12BrFN2O2S. The van der Waals surface area contributed by atoms with Crippen LogP contribution in [0.5, 0.6) is 0 Å². The largest absolute Gasteiger partial charge is 0.399 e. The fourth-order valence-electron chi connectivity index (χ4n) is 1.78. The molecule has 7 heteroatoms. The normalized spacial score (nSPS) is 16.3. The van der Waals surface area contributed by atoms with Crippen molar-refractivity contribution in [1.82, 2.24) is 4.72 Å². The average molecular weight is 335 g/mol. The smallest absolute Gasteiger partial charge is 0.243 e. The minimum Gasteiger partial charge on any atom is -0.399 e. The molecule has 18 heavy (non-hydrogen) atoms. The predicted molar refractivity (Wildman–Crippen MR) is 71.0 cm³/mol. The molecule has 0 spiro atoms. The predicted octanol–water partition coefficient (Wildman–Crippen LogP) is 2.17. The molecule has 0 radical (unpaired) electrons. The first-order valence-electron chi connectivity index (χ1n) is 5.32. The maximum Gasteiger partial charge on any atom is 0.243 e. The van der Waals surface area contributed by atoms with Gasteiger partial charge in [0.15, 0.2) is 5.82 Å². The fraction of sp³-hybridized carbons (Fsp3) is 0.273. The number of hydrogen-bond donors (Lipinski definition) is 2. The quantitative estimate of drug-likeness (QED) is 0.657. The molecule has 4 nitrogen and oxygen atoms in total. The van der Waals surface area contributed by atoms with Crippen molar-refractivity contribution in [1.29, 1.82) is 0 Å². The summed E-state index contributed by atoms with van der Waals surface area (Å²) in [6.45, 7) is 0. The summed E-state index contributed by atoms with van der Waals surface area (Å²) in [5.74, 6) is -0.831. The van der Waals surface area contributed by atoms with E-state index in [2.05, 4.69) is 20.7 Å². The van der Waals surface area contributed by atoms with Crippen molar-refractivity contribution in [3.05, 3.63) is 34.6 Å². The van der Waals surface area contributed by atoms with Gasteiger partial charge in [-0.1, -0.05) is 12.2 Å². The highest BCUT2D eigenvalue weighted by molar-refractivity contribution is 9.10. The molecule has 1 aromatic carbocycles. The number of nitrogen functional groups attached to an aromatic ring is 1. The van der Waals surface area contributed by atoms with E-state index in [0.29, 0.717) is 12.8 Å². The van der Waals surface area contributed by atoms with Gasteiger partial charge in [-0.2, -0.15) is 0 Å². The van der Waals surface area contributed by atoms with E-state index in [1.807, 2.05) is 12.2 Å². The molecule has 1 aliphatic rings. The monoisotopic (exact) mass is 334 g/mol. The molecule has 3 N–H and O–H groups in total. The highest BCUT2D eigenvalue weighted by Gasteiger charge is 2.25. The third kappa shape index (κ3) is 2.73. The molecule has 0 saturated carbocycles. The second-order valence-electron chi connectivity index (χ2n) is 4.08. The Labute approximate surface area is 113 Å². The van der Waals surface area contributed by atoms with Gasteiger partial charge in [0, 0.05) is 11.7 Å². The molecule has 1 aromatic rings. The SMILES string of the molecule is Nc1cc(Br)c(F)c(S(=O)(=O)NC2CC=CC2)c1. The van der Waals surface area contributed by atoms with Gasteiger partial charge in [0.25, 0.3) is 0 Å². The van der Waals surface area contributed by atoms with Crippen LogP contribution in [0.15, 0.2) is 33.7 Å². The maximum atomic E-state index is 13.8. The second-order valence-corrected chi connectivity index (χ2v) is 6.61. The summed E-state index contributed by atoms with van der Waals surface area (Å²) in [6, 6.07) is 2.23. The molecule has 0 unspecified atom stereocenters. The van der Waals surface area contributed by atoms with Crippen LogP contribution in [-0.4, -0.2) is 14.5 Å². The van der Waals surface area contributed by atoms with Crippen LogP contribution in [0.1, 0.15) is 12.8 Å². The lowest BCUT2D eigenvalue weighted by molar-refractivity contribution is 0.539. The lowest BCUT2D eigenvalue weighted by Crippen LogP contribution is -2.33. The Morgan fingerprint density at radius 3 is 2.56 bits per heavy atom. The van der Waals surface area contributed by atoms with Gasteiger partial charge >= 0.3 is 0 Å². The third-order valence-electron chi connectivity index (χ3n) is 2.64. The van der Waals surface area contributed by atoms with Crippen LogP contribution in [-0.2, 0) is 10.0 Å². The van der Waals surface area contributed by atoms with Crippen molar-refractivity contribution in [3.8, 4) is 0 Å². The van der Waals surface area contributed by atoms with E-state index in [1.165, 1.54) is 6.07 Å². The Kier molecular flexibility index (Phi) is 3.74. The van der Waals surface area contributed by atoms with Crippen LogP contribution < -0.4 is 10.5 Å². The third-order valence-corrected chi connectivity index (χ3v) is 4.73. The van der Waals surface area contributed by atoms with Crippen LogP contribution in [0.25, 0.3) is 0 Å². The van der Waals surface area contributed by atoms with Crippen molar-refractivity contribution in [2.45, 2.75) is 23.8 Å². The number of sulfonamides is 1. The van der Waals surface area contributed by atoms with Gasteiger partial charge in [-0.3, -0.25) is 0 Å². The van der Waals surface area contributed by atoms with Gasteiger partial charge in [-0.15, -0.1) is 0 Å². The zero-order valence-electron chi connectivity index (χ0n) is 9.36. The molecule has 0 amide bonds. The van der Waals surface area contributed by atoms with Crippen molar-refractivity contribution in [2.24, 2.45) is 0 Å². The van der Waals surface area contributed by atoms with E-state index in [9.17, 15) is 12.8 Å². The summed E-state index contributed by atoms with van der Waals surface area (Å²) in [7, 11) is -3.89. The first-order chi connectivity index (χ1) is 8.40. The summed E-state index contributed by atoms with van der Waals surface area (Å²) in [5, 5.41) is 0. The first-order valence-corrected chi connectivity index (χ1v) is 7.59. The second kappa shape index (κ2) is 4.99. The van der Waals surface area contributed by atoms with Gasteiger partial charge in [0.05, 0.1) is 4.47 Å². The zero-order chi connectivity index (χ0) is 13.3. The maximum absolute atomic E-state index is 13.8. The number of anilines is 1. The number of hydrogen-bond acceptors (Lipinski definition) is 3. The minimum atomic E-state index is -3.89. The lowest BCUT2D eigenvalue weighted by Gasteiger charge is -2.14. The van der Waals surface area contributed by atoms with E-state index >= 15 is 0 Å². The van der Waals surface area contributed by atoms with Gasteiger partial charge in [-0.25, -0.2) is 17.5 Å².